The minimum atomic E-state index is -1.01. The normalized spacial score (nSPS) is 16.6. The average Bonchev–Trinajstić information content (AvgIpc) is 3.02. The van der Waals surface area contributed by atoms with Gasteiger partial charge in [-0.15, -0.1) is 6.58 Å². The van der Waals surface area contributed by atoms with Gasteiger partial charge in [0.15, 0.2) is 6.10 Å². The van der Waals surface area contributed by atoms with E-state index in [-0.39, 0.29) is 11.8 Å². The van der Waals surface area contributed by atoms with E-state index in [9.17, 15) is 19.2 Å². The van der Waals surface area contributed by atoms with Crippen molar-refractivity contribution in [3.63, 3.8) is 0 Å². The number of hydrogen-bond donors (Lipinski definition) is 3. The van der Waals surface area contributed by atoms with Crippen molar-refractivity contribution >= 4 is 40.5 Å². The van der Waals surface area contributed by atoms with Crippen LogP contribution in [-0.4, -0.2) is 58.4 Å². The Kier molecular flexibility index (Phi) is 14.7. The van der Waals surface area contributed by atoms with E-state index in [4.69, 9.17) is 10.5 Å². The van der Waals surface area contributed by atoms with Crippen LogP contribution < -0.4 is 16.5 Å². The topological polar surface area (TPSA) is 144 Å². The van der Waals surface area contributed by atoms with E-state index < -0.39 is 41.9 Å². The highest BCUT2D eigenvalue weighted by atomic mass is 16.5. The van der Waals surface area contributed by atoms with Crippen molar-refractivity contribution in [3.05, 3.63) is 61.0 Å². The van der Waals surface area contributed by atoms with Crippen LogP contribution in [0.1, 0.15) is 78.0 Å². The Bertz CT molecular complexity index is 1310. The third-order valence-electron chi connectivity index (χ3n) is 7.48. The molecule has 4 N–H and O–H groups in total. The van der Waals surface area contributed by atoms with Crippen LogP contribution in [0.15, 0.2) is 49.7 Å². The Hall–Kier alpha value is -4.05. The summed E-state index contributed by atoms with van der Waals surface area (Å²) in [6.07, 6.45) is 8.51. The van der Waals surface area contributed by atoms with Crippen molar-refractivity contribution in [2.75, 3.05) is 6.54 Å². The monoisotopic (exact) mass is 607 g/mol. The van der Waals surface area contributed by atoms with Crippen LogP contribution in [0.2, 0.25) is 0 Å². The Labute approximate surface area is 261 Å². The zero-order chi connectivity index (χ0) is 32.8. The highest BCUT2D eigenvalue weighted by Gasteiger charge is 2.33. The first kappa shape index (κ1) is 36.1. The number of carbonyl (C=O) groups is 4. The van der Waals surface area contributed by atoms with Crippen LogP contribution in [0.5, 0.6) is 0 Å². The number of allylic oxidation sites excluding steroid dienone is 1. The van der Waals surface area contributed by atoms with E-state index >= 15 is 0 Å². The number of nitrogens with zero attached hydrogens (tertiary/aromatic N) is 2. The number of aryl methyl sites for hydroxylation is 1. The molecule has 3 amide bonds. The predicted molar refractivity (Wildman–Crippen MR) is 174 cm³/mol. The molecule has 3 rings (SSSR count). The lowest BCUT2D eigenvalue weighted by Crippen LogP contribution is -2.60. The molecule has 1 aromatic heterocycles. The van der Waals surface area contributed by atoms with Gasteiger partial charge in [-0.3, -0.25) is 29.2 Å². The second kappa shape index (κ2) is 17.9. The number of esters is 1. The van der Waals surface area contributed by atoms with Gasteiger partial charge in [-0.05, 0) is 68.0 Å². The van der Waals surface area contributed by atoms with Crippen LogP contribution in [0.25, 0.3) is 16.8 Å². The van der Waals surface area contributed by atoms with Gasteiger partial charge in [0.25, 0.3) is 11.8 Å². The number of amides is 3. The summed E-state index contributed by atoms with van der Waals surface area (Å²) in [7, 11) is 0. The van der Waals surface area contributed by atoms with Gasteiger partial charge in [0, 0.05) is 18.1 Å². The number of carbonyl (C=O) groups excluding carboxylic acids is 4. The van der Waals surface area contributed by atoms with E-state index in [1.807, 2.05) is 13.1 Å². The number of ether oxygens (including phenoxy) is 1. The van der Waals surface area contributed by atoms with Crippen molar-refractivity contribution in [1.29, 1.82) is 0 Å². The lowest BCUT2D eigenvalue weighted by molar-refractivity contribution is -0.163. The summed E-state index contributed by atoms with van der Waals surface area (Å²) in [4.78, 5) is 53.6. The maximum Gasteiger partial charge on any atom is 0.310 e. The maximum atomic E-state index is 12.8. The Morgan fingerprint density at radius 3 is 2.48 bits per heavy atom. The molecule has 1 aliphatic rings. The first-order valence-corrected chi connectivity index (χ1v) is 15.4. The zero-order valence-electron chi connectivity index (χ0n) is 26.8. The number of fused-ring (bicyclic) bond motifs is 1. The molecule has 240 valence electrons. The Morgan fingerprint density at radius 2 is 1.89 bits per heavy atom. The molecule has 4 atom stereocenters. The molecule has 0 bridgehead atoms. The molecular formula is C34H49N5O5. The Balaban J connectivity index is 0.000000396. The minimum Gasteiger partial charge on any atom is -0.452 e. The van der Waals surface area contributed by atoms with Gasteiger partial charge in [-0.25, -0.2) is 5.43 Å². The molecular weight excluding hydrogens is 558 g/mol. The third-order valence-corrected chi connectivity index (χ3v) is 7.48. The number of aromatic nitrogens is 1. The van der Waals surface area contributed by atoms with Gasteiger partial charge in [0.1, 0.15) is 12.1 Å². The van der Waals surface area contributed by atoms with Crippen molar-refractivity contribution in [2.45, 2.75) is 91.3 Å². The van der Waals surface area contributed by atoms with Crippen molar-refractivity contribution in [1.82, 2.24) is 20.7 Å². The fraction of sp³-hybridized carbons (Fsp3) is 0.500. The second-order valence-corrected chi connectivity index (χ2v) is 11.4. The van der Waals surface area contributed by atoms with E-state index in [0.717, 1.165) is 18.5 Å². The molecule has 0 spiro atoms. The van der Waals surface area contributed by atoms with Gasteiger partial charge in [-0.1, -0.05) is 65.0 Å². The lowest BCUT2D eigenvalue weighted by Gasteiger charge is -2.34. The molecule has 1 saturated heterocycles. The van der Waals surface area contributed by atoms with E-state index in [1.165, 1.54) is 21.3 Å². The number of pyridine rings is 1. The number of nitrogens with one attached hydrogen (secondary N) is 2. The molecule has 44 heavy (non-hydrogen) atoms. The van der Waals surface area contributed by atoms with Crippen LogP contribution in [0.4, 0.5) is 0 Å². The first-order chi connectivity index (χ1) is 20.9. The minimum absolute atomic E-state index is 0.269. The maximum absolute atomic E-state index is 12.8. The predicted octanol–water partition coefficient (Wildman–Crippen LogP) is 4.47. The average molecular weight is 608 g/mol. The molecule has 10 nitrogen and oxygen atoms in total. The van der Waals surface area contributed by atoms with Crippen LogP contribution >= 0.6 is 0 Å². The standard InChI is InChI=1S/C21H36N4O5.C13H13N/c1-6-9-15(10-7-2)21(29)30-17(13(3)4)19(27)23-14(5)20(28)25-12-8-11-16(24-25)18(22)26;1-3-10-5-6-11-9-14-13(4-2)8-12(11)7-10/h6,13-17,24H,1,7-12H2,2-5H3,(H2,22,26)(H,23,27);4-9H,2-3H2,1H3. The van der Waals surface area contributed by atoms with Gasteiger partial charge < -0.3 is 15.8 Å². The summed E-state index contributed by atoms with van der Waals surface area (Å²) in [5.74, 6) is -2.50. The van der Waals surface area contributed by atoms with Gasteiger partial charge in [0.05, 0.1) is 11.6 Å². The van der Waals surface area contributed by atoms with Gasteiger partial charge in [0.2, 0.25) is 5.91 Å². The largest absolute Gasteiger partial charge is 0.452 e. The molecule has 4 unspecified atom stereocenters. The Morgan fingerprint density at radius 1 is 1.16 bits per heavy atom. The first-order valence-electron chi connectivity index (χ1n) is 15.4. The molecule has 2 heterocycles. The lowest BCUT2D eigenvalue weighted by atomic mass is 9.99. The fourth-order valence-electron chi connectivity index (χ4n) is 4.88. The molecule has 1 aliphatic heterocycles. The second-order valence-electron chi connectivity index (χ2n) is 11.4. The smallest absolute Gasteiger partial charge is 0.310 e. The SMILES string of the molecule is C=CCC(CCC)C(=O)OC(C(=O)NC(C)C(=O)N1CCCC(C(N)=O)N1)C(C)C.C=Cc1cc2cc(CC)ccc2cn1. The molecule has 0 radical (unpaired) electrons. The third kappa shape index (κ3) is 10.6. The highest BCUT2D eigenvalue weighted by Crippen LogP contribution is 2.19. The van der Waals surface area contributed by atoms with Gasteiger partial charge >= 0.3 is 5.97 Å². The van der Waals surface area contributed by atoms with E-state index in [0.29, 0.717) is 32.2 Å². The summed E-state index contributed by atoms with van der Waals surface area (Å²) < 4.78 is 5.52. The van der Waals surface area contributed by atoms with Crippen LogP contribution in [-0.2, 0) is 30.3 Å². The quantitative estimate of drug-likeness (QED) is 0.225. The summed E-state index contributed by atoms with van der Waals surface area (Å²) in [6.45, 7) is 17.0. The van der Waals surface area contributed by atoms with Crippen molar-refractivity contribution in [2.24, 2.45) is 17.6 Å². The molecule has 10 heteroatoms. The number of benzene rings is 1. The number of hydrazine groups is 1. The zero-order valence-corrected chi connectivity index (χ0v) is 26.8. The highest BCUT2D eigenvalue weighted by molar-refractivity contribution is 5.90. The fourth-order valence-corrected chi connectivity index (χ4v) is 4.88. The number of rotatable bonds is 13. The summed E-state index contributed by atoms with van der Waals surface area (Å²) in [5, 5.41) is 6.37. The molecule has 2 aromatic rings. The van der Waals surface area contributed by atoms with Crippen LogP contribution in [0.3, 0.4) is 0 Å². The van der Waals surface area contributed by atoms with Crippen LogP contribution in [0, 0.1) is 11.8 Å². The molecule has 1 aromatic carbocycles. The number of nitrogens with two attached hydrogens (primary N) is 1. The number of hydrogen-bond acceptors (Lipinski definition) is 7. The summed E-state index contributed by atoms with van der Waals surface area (Å²) in [6, 6.07) is 7.07. The molecule has 0 aliphatic carbocycles. The summed E-state index contributed by atoms with van der Waals surface area (Å²) >= 11 is 0. The van der Waals surface area contributed by atoms with E-state index in [1.54, 1.807) is 32.9 Å². The van der Waals surface area contributed by atoms with Crippen molar-refractivity contribution < 1.29 is 23.9 Å². The molecule has 0 saturated carbocycles. The molecule has 1 fully saturated rings. The summed E-state index contributed by atoms with van der Waals surface area (Å²) in [5.41, 5.74) is 10.4. The van der Waals surface area contributed by atoms with Crippen molar-refractivity contribution in [3.8, 4) is 0 Å². The number of primary amides is 1. The van der Waals surface area contributed by atoms with E-state index in [2.05, 4.69) is 60.1 Å². The van der Waals surface area contributed by atoms with Gasteiger partial charge in [-0.2, -0.15) is 0 Å².